The highest BCUT2D eigenvalue weighted by atomic mass is 79.9. The molecule has 11 heteroatoms. The Morgan fingerprint density at radius 2 is 1.93 bits per heavy atom. The van der Waals surface area contributed by atoms with E-state index >= 15 is 0 Å². The molecular formula is C31H29BrN6O3S. The number of nitrogens with one attached hydrogen (secondary N) is 1. The average molecular weight is 646 g/mol. The van der Waals surface area contributed by atoms with Gasteiger partial charge in [0.1, 0.15) is 5.65 Å². The van der Waals surface area contributed by atoms with E-state index in [1.807, 2.05) is 49.4 Å². The fourth-order valence-corrected chi connectivity index (χ4v) is 6.75. The van der Waals surface area contributed by atoms with E-state index in [-0.39, 0.29) is 18.2 Å². The SMILES string of the molecule is Cc1cccc([S+]([O-])c2ccncc2)c1Cn1c(=O)c(Br)cc2cnc(Nc3ccc(C4CN(C)CCO4)cc3)nc21. The van der Waals surface area contributed by atoms with E-state index in [0.29, 0.717) is 37.9 Å². The van der Waals surface area contributed by atoms with Gasteiger partial charge in [-0.1, -0.05) is 24.3 Å². The van der Waals surface area contributed by atoms with Crippen LogP contribution in [0.5, 0.6) is 0 Å². The van der Waals surface area contributed by atoms with Gasteiger partial charge in [0.15, 0.2) is 9.79 Å². The maximum absolute atomic E-state index is 13.6. The summed E-state index contributed by atoms with van der Waals surface area (Å²) in [7, 11) is 2.10. The molecule has 0 amide bonds. The van der Waals surface area contributed by atoms with Gasteiger partial charge in [-0.3, -0.25) is 14.3 Å². The number of hydrogen-bond donors (Lipinski definition) is 1. The summed E-state index contributed by atoms with van der Waals surface area (Å²) in [6, 6.07) is 18.9. The van der Waals surface area contributed by atoms with Crippen LogP contribution in [-0.4, -0.2) is 55.7 Å². The van der Waals surface area contributed by atoms with Gasteiger partial charge in [-0.25, -0.2) is 4.98 Å². The molecule has 3 aromatic heterocycles. The van der Waals surface area contributed by atoms with Gasteiger partial charge in [0.05, 0.1) is 23.7 Å². The van der Waals surface area contributed by atoms with E-state index < -0.39 is 11.2 Å². The quantitative estimate of drug-likeness (QED) is 0.240. The van der Waals surface area contributed by atoms with Crippen molar-refractivity contribution in [3.63, 3.8) is 0 Å². The van der Waals surface area contributed by atoms with E-state index in [9.17, 15) is 9.35 Å². The fraction of sp³-hybridized carbons (Fsp3) is 0.226. The van der Waals surface area contributed by atoms with Crippen molar-refractivity contribution >= 4 is 49.8 Å². The van der Waals surface area contributed by atoms with Crippen LogP contribution in [0.1, 0.15) is 22.8 Å². The van der Waals surface area contributed by atoms with Gasteiger partial charge < -0.3 is 19.5 Å². The molecular weight excluding hydrogens is 616 g/mol. The highest BCUT2D eigenvalue weighted by Crippen LogP contribution is 2.28. The van der Waals surface area contributed by atoms with Crippen LogP contribution in [-0.2, 0) is 22.5 Å². The third-order valence-corrected chi connectivity index (χ3v) is 9.39. The summed E-state index contributed by atoms with van der Waals surface area (Å²) in [5.74, 6) is 0.366. The monoisotopic (exact) mass is 644 g/mol. The topological polar surface area (TPSA) is 108 Å². The van der Waals surface area contributed by atoms with Gasteiger partial charge in [-0.2, -0.15) is 4.98 Å². The third kappa shape index (κ3) is 5.97. The molecule has 2 atom stereocenters. The van der Waals surface area contributed by atoms with Crippen molar-refractivity contribution in [3.8, 4) is 0 Å². The summed E-state index contributed by atoms with van der Waals surface area (Å²) in [5.41, 5.74) is 3.90. The number of rotatable bonds is 7. The Morgan fingerprint density at radius 1 is 1.14 bits per heavy atom. The molecule has 0 spiro atoms. The molecule has 0 saturated carbocycles. The molecule has 214 valence electrons. The molecule has 5 aromatic rings. The van der Waals surface area contributed by atoms with Crippen LogP contribution in [0, 0.1) is 6.92 Å². The zero-order valence-electron chi connectivity index (χ0n) is 23.2. The maximum atomic E-state index is 13.6. The maximum Gasteiger partial charge on any atom is 0.266 e. The van der Waals surface area contributed by atoms with Crippen molar-refractivity contribution in [2.24, 2.45) is 0 Å². The smallest absolute Gasteiger partial charge is 0.266 e. The van der Waals surface area contributed by atoms with E-state index in [2.05, 4.69) is 43.2 Å². The van der Waals surface area contributed by atoms with Crippen molar-refractivity contribution in [3.05, 3.63) is 111 Å². The Balaban J connectivity index is 1.33. The largest absolute Gasteiger partial charge is 0.606 e. The van der Waals surface area contributed by atoms with Crippen molar-refractivity contribution in [2.75, 3.05) is 32.1 Å². The Kier molecular flexibility index (Phi) is 8.36. The van der Waals surface area contributed by atoms with Crippen molar-refractivity contribution < 1.29 is 9.29 Å². The third-order valence-electron chi connectivity index (χ3n) is 7.34. The molecule has 1 N–H and O–H groups in total. The number of benzene rings is 2. The van der Waals surface area contributed by atoms with E-state index in [1.54, 1.807) is 41.4 Å². The molecule has 6 rings (SSSR count). The minimum Gasteiger partial charge on any atom is -0.606 e. The molecule has 4 heterocycles. The van der Waals surface area contributed by atoms with Crippen LogP contribution in [0.15, 0.2) is 98.3 Å². The van der Waals surface area contributed by atoms with Gasteiger partial charge in [-0.05, 0) is 65.3 Å². The molecule has 1 fully saturated rings. The highest BCUT2D eigenvalue weighted by molar-refractivity contribution is 9.10. The van der Waals surface area contributed by atoms with Crippen molar-refractivity contribution in [2.45, 2.75) is 29.4 Å². The summed E-state index contributed by atoms with van der Waals surface area (Å²) in [6.07, 6.45) is 4.98. The van der Waals surface area contributed by atoms with Gasteiger partial charge in [0.2, 0.25) is 5.95 Å². The second-order valence-electron chi connectivity index (χ2n) is 10.2. The first-order chi connectivity index (χ1) is 20.4. The fourth-order valence-electron chi connectivity index (χ4n) is 5.02. The average Bonchev–Trinajstić information content (AvgIpc) is 3.01. The van der Waals surface area contributed by atoms with Gasteiger partial charge in [0.25, 0.3) is 5.56 Å². The van der Waals surface area contributed by atoms with Crippen LogP contribution in [0.4, 0.5) is 11.6 Å². The second kappa shape index (κ2) is 12.3. The van der Waals surface area contributed by atoms with Crippen LogP contribution in [0.3, 0.4) is 0 Å². The normalized spacial score (nSPS) is 16.4. The lowest BCUT2D eigenvalue weighted by Gasteiger charge is -2.30. The molecule has 42 heavy (non-hydrogen) atoms. The number of aromatic nitrogens is 4. The number of aryl methyl sites for hydroxylation is 1. The number of likely N-dealkylation sites (N-methyl/N-ethyl adjacent to an activating group) is 1. The zero-order valence-corrected chi connectivity index (χ0v) is 25.6. The summed E-state index contributed by atoms with van der Waals surface area (Å²) >= 11 is 1.97. The Labute approximate surface area is 254 Å². The molecule has 1 saturated heterocycles. The van der Waals surface area contributed by atoms with E-state index in [4.69, 9.17) is 9.72 Å². The summed E-state index contributed by atoms with van der Waals surface area (Å²) < 4.78 is 21.5. The number of halogens is 1. The first-order valence-electron chi connectivity index (χ1n) is 13.5. The standard InChI is InChI=1S/C31H29BrN6O3S/c1-20-4-3-5-28(42(40)24-10-12-33-13-11-24)25(20)18-38-29-22(16-26(32)30(38)39)17-34-31(36-29)35-23-8-6-21(7-9-23)27-19-37(2)14-15-41-27/h3-13,16-17,27H,14-15,18-19H2,1-2H3,(H,34,35,36). The molecule has 1 aliphatic heterocycles. The van der Waals surface area contributed by atoms with Crippen molar-refractivity contribution in [1.29, 1.82) is 0 Å². The molecule has 9 nitrogen and oxygen atoms in total. The van der Waals surface area contributed by atoms with Gasteiger partial charge >= 0.3 is 0 Å². The highest BCUT2D eigenvalue weighted by Gasteiger charge is 2.23. The van der Waals surface area contributed by atoms with Gasteiger partial charge in [-0.15, -0.1) is 0 Å². The molecule has 2 aromatic carbocycles. The predicted octanol–water partition coefficient (Wildman–Crippen LogP) is 5.22. The summed E-state index contributed by atoms with van der Waals surface area (Å²) in [4.78, 5) is 30.3. The van der Waals surface area contributed by atoms with Crippen LogP contribution < -0.4 is 10.9 Å². The lowest BCUT2D eigenvalue weighted by atomic mass is 10.1. The zero-order chi connectivity index (χ0) is 29.2. The van der Waals surface area contributed by atoms with Gasteiger partial charge in [0, 0.05) is 71.6 Å². The lowest BCUT2D eigenvalue weighted by Crippen LogP contribution is -2.35. The Morgan fingerprint density at radius 3 is 2.69 bits per heavy atom. The number of nitrogens with zero attached hydrogens (tertiary/aromatic N) is 5. The van der Waals surface area contributed by atoms with Crippen LogP contribution in [0.2, 0.25) is 0 Å². The Bertz CT molecular complexity index is 1780. The molecule has 0 radical (unpaired) electrons. The lowest BCUT2D eigenvalue weighted by molar-refractivity contribution is -0.0208. The first kappa shape index (κ1) is 28.5. The molecule has 1 aliphatic rings. The number of pyridine rings is 2. The predicted molar refractivity (Wildman–Crippen MR) is 167 cm³/mol. The van der Waals surface area contributed by atoms with Crippen LogP contribution in [0.25, 0.3) is 11.0 Å². The summed E-state index contributed by atoms with van der Waals surface area (Å²) in [6.45, 7) is 4.65. The van der Waals surface area contributed by atoms with E-state index in [1.165, 1.54) is 0 Å². The molecule has 2 unspecified atom stereocenters. The number of ether oxygens (including phenoxy) is 1. The number of anilines is 2. The van der Waals surface area contributed by atoms with E-state index in [0.717, 1.165) is 35.5 Å². The van der Waals surface area contributed by atoms with Crippen LogP contribution >= 0.6 is 15.9 Å². The first-order valence-corrected chi connectivity index (χ1v) is 15.4. The number of fused-ring (bicyclic) bond motifs is 1. The second-order valence-corrected chi connectivity index (χ2v) is 12.5. The Hall–Kier alpha value is -3.61. The number of morpholine rings is 1. The van der Waals surface area contributed by atoms with Crippen molar-refractivity contribution in [1.82, 2.24) is 24.4 Å². The number of hydrogen-bond acceptors (Lipinski definition) is 8. The summed E-state index contributed by atoms with van der Waals surface area (Å²) in [5, 5.41) is 3.97. The minimum atomic E-state index is -1.45. The molecule has 0 bridgehead atoms. The minimum absolute atomic E-state index is 0.0434. The molecule has 0 aliphatic carbocycles.